The van der Waals surface area contributed by atoms with Crippen molar-refractivity contribution in [3.8, 4) is 0 Å². The number of halogens is 1. The molecule has 0 bridgehead atoms. The highest BCUT2D eigenvalue weighted by molar-refractivity contribution is 9.09. The molecule has 0 aliphatic carbocycles. The van der Waals surface area contributed by atoms with Gasteiger partial charge in [0, 0.05) is 24.7 Å². The van der Waals surface area contributed by atoms with E-state index in [1.165, 1.54) is 0 Å². The van der Waals surface area contributed by atoms with E-state index in [4.69, 9.17) is 4.42 Å². The zero-order valence-corrected chi connectivity index (χ0v) is 10.3. The van der Waals surface area contributed by atoms with E-state index in [-0.39, 0.29) is 5.91 Å². The van der Waals surface area contributed by atoms with Gasteiger partial charge in [-0.15, -0.1) is 0 Å². The Morgan fingerprint density at radius 3 is 3.00 bits per heavy atom. The number of amides is 1. The first-order valence-electron chi connectivity index (χ1n) is 5.18. The second-order valence-electron chi connectivity index (χ2n) is 3.33. The first kappa shape index (κ1) is 12.3. The zero-order chi connectivity index (χ0) is 10.9. The van der Waals surface area contributed by atoms with Crippen LogP contribution >= 0.6 is 15.9 Å². The molecule has 1 heterocycles. The molecule has 0 unspecified atom stereocenters. The van der Waals surface area contributed by atoms with E-state index in [1.807, 2.05) is 12.1 Å². The second-order valence-corrected chi connectivity index (χ2v) is 4.12. The molecule has 4 heteroatoms. The zero-order valence-electron chi connectivity index (χ0n) is 8.67. The molecule has 1 rings (SSSR count). The van der Waals surface area contributed by atoms with Crippen molar-refractivity contribution in [2.45, 2.75) is 25.7 Å². The molecule has 0 saturated carbocycles. The van der Waals surface area contributed by atoms with Crippen LogP contribution in [-0.2, 0) is 11.2 Å². The summed E-state index contributed by atoms with van der Waals surface area (Å²) in [5.41, 5.74) is 0. The Morgan fingerprint density at radius 1 is 1.47 bits per heavy atom. The summed E-state index contributed by atoms with van der Waals surface area (Å²) < 4.78 is 5.16. The van der Waals surface area contributed by atoms with Crippen LogP contribution in [0.25, 0.3) is 0 Å². The van der Waals surface area contributed by atoms with Crippen LogP contribution in [0.15, 0.2) is 22.8 Å². The molecule has 1 amide bonds. The molecule has 0 spiro atoms. The van der Waals surface area contributed by atoms with E-state index in [1.54, 1.807) is 6.26 Å². The van der Waals surface area contributed by atoms with Crippen LogP contribution in [0, 0.1) is 0 Å². The Bertz CT molecular complexity index is 272. The minimum Gasteiger partial charge on any atom is -0.469 e. The van der Waals surface area contributed by atoms with E-state index < -0.39 is 0 Å². The van der Waals surface area contributed by atoms with Crippen molar-refractivity contribution < 1.29 is 9.21 Å². The number of carbonyl (C=O) groups is 1. The van der Waals surface area contributed by atoms with Crippen LogP contribution in [0.4, 0.5) is 0 Å². The number of alkyl halides is 1. The van der Waals surface area contributed by atoms with Crippen LogP contribution < -0.4 is 5.32 Å². The monoisotopic (exact) mass is 273 g/mol. The van der Waals surface area contributed by atoms with Crippen LogP contribution in [0.3, 0.4) is 0 Å². The van der Waals surface area contributed by atoms with Gasteiger partial charge in [-0.2, -0.15) is 0 Å². The van der Waals surface area contributed by atoms with Crippen molar-refractivity contribution >= 4 is 21.8 Å². The maximum Gasteiger partial charge on any atom is 0.220 e. The van der Waals surface area contributed by atoms with Crippen LogP contribution in [0.1, 0.15) is 25.0 Å². The van der Waals surface area contributed by atoms with E-state index in [9.17, 15) is 4.79 Å². The molecule has 0 aliphatic heterocycles. The number of hydrogen-bond donors (Lipinski definition) is 1. The van der Waals surface area contributed by atoms with Gasteiger partial charge in [0.15, 0.2) is 0 Å². The van der Waals surface area contributed by atoms with E-state index >= 15 is 0 Å². The van der Waals surface area contributed by atoms with Crippen molar-refractivity contribution in [1.82, 2.24) is 5.32 Å². The smallest absolute Gasteiger partial charge is 0.220 e. The summed E-state index contributed by atoms with van der Waals surface area (Å²) in [7, 11) is 0. The maximum atomic E-state index is 11.3. The lowest BCUT2D eigenvalue weighted by atomic mass is 10.2. The van der Waals surface area contributed by atoms with Gasteiger partial charge in [0.2, 0.25) is 5.91 Å². The molecule has 1 N–H and O–H groups in total. The molecule has 3 nitrogen and oxygen atoms in total. The van der Waals surface area contributed by atoms with Crippen molar-refractivity contribution in [2.24, 2.45) is 0 Å². The number of rotatable bonds is 7. The Hall–Kier alpha value is -0.770. The van der Waals surface area contributed by atoms with Gasteiger partial charge in [0.05, 0.1) is 6.26 Å². The first-order valence-corrected chi connectivity index (χ1v) is 6.30. The van der Waals surface area contributed by atoms with Gasteiger partial charge >= 0.3 is 0 Å². The Morgan fingerprint density at radius 2 is 2.33 bits per heavy atom. The molecule has 15 heavy (non-hydrogen) atoms. The third kappa shape index (κ3) is 5.62. The average Bonchev–Trinajstić information content (AvgIpc) is 2.71. The highest BCUT2D eigenvalue weighted by Gasteiger charge is 2.01. The van der Waals surface area contributed by atoms with Gasteiger partial charge in [0.1, 0.15) is 5.76 Å². The fourth-order valence-electron chi connectivity index (χ4n) is 1.25. The lowest BCUT2D eigenvalue weighted by Gasteiger charge is -2.02. The molecule has 0 aromatic carbocycles. The summed E-state index contributed by atoms with van der Waals surface area (Å²) in [5, 5.41) is 3.83. The molecule has 0 aliphatic rings. The SMILES string of the molecule is O=C(CCCCBr)NCCc1ccco1. The van der Waals surface area contributed by atoms with Gasteiger partial charge in [-0.1, -0.05) is 15.9 Å². The number of nitrogens with one attached hydrogen (secondary N) is 1. The number of carbonyl (C=O) groups excluding carboxylic acids is 1. The maximum absolute atomic E-state index is 11.3. The van der Waals surface area contributed by atoms with Crippen LogP contribution in [-0.4, -0.2) is 17.8 Å². The summed E-state index contributed by atoms with van der Waals surface area (Å²) in [6.45, 7) is 0.653. The topological polar surface area (TPSA) is 42.2 Å². The van der Waals surface area contributed by atoms with Gasteiger partial charge in [-0.25, -0.2) is 0 Å². The third-order valence-corrected chi connectivity index (χ3v) is 2.62. The minimum absolute atomic E-state index is 0.127. The summed E-state index contributed by atoms with van der Waals surface area (Å²) in [6, 6.07) is 3.77. The molecular formula is C11H16BrNO2. The van der Waals surface area contributed by atoms with Crippen LogP contribution in [0.2, 0.25) is 0 Å². The molecule has 0 fully saturated rings. The minimum atomic E-state index is 0.127. The quantitative estimate of drug-likeness (QED) is 0.613. The van der Waals surface area contributed by atoms with E-state index in [0.717, 1.165) is 30.4 Å². The number of hydrogen-bond acceptors (Lipinski definition) is 2. The second kappa shape index (κ2) is 7.51. The normalized spacial score (nSPS) is 10.2. The molecule has 1 aromatic heterocycles. The Labute approximate surface area is 98.4 Å². The molecule has 0 saturated heterocycles. The fraction of sp³-hybridized carbons (Fsp3) is 0.545. The van der Waals surface area contributed by atoms with Gasteiger partial charge in [0.25, 0.3) is 0 Å². The summed E-state index contributed by atoms with van der Waals surface area (Å²) >= 11 is 3.33. The predicted octanol–water partition coefficient (Wildman–Crippen LogP) is 2.50. The number of furan rings is 1. The lowest BCUT2D eigenvalue weighted by Crippen LogP contribution is -2.25. The van der Waals surface area contributed by atoms with Crippen molar-refractivity contribution in [2.75, 3.05) is 11.9 Å². The Kier molecular flexibility index (Phi) is 6.16. The van der Waals surface area contributed by atoms with E-state index in [0.29, 0.717) is 13.0 Å². The molecular weight excluding hydrogens is 258 g/mol. The van der Waals surface area contributed by atoms with Crippen molar-refractivity contribution in [3.63, 3.8) is 0 Å². The standard InChI is InChI=1S/C11H16BrNO2/c12-7-2-1-5-11(14)13-8-6-10-4-3-9-15-10/h3-4,9H,1-2,5-8H2,(H,13,14). The fourth-order valence-corrected chi connectivity index (χ4v) is 1.64. The summed E-state index contributed by atoms with van der Waals surface area (Å²) in [4.78, 5) is 11.3. The van der Waals surface area contributed by atoms with Crippen molar-refractivity contribution in [1.29, 1.82) is 0 Å². The Balaban J connectivity index is 2.02. The molecule has 0 radical (unpaired) electrons. The first-order chi connectivity index (χ1) is 7.33. The molecule has 1 aromatic rings. The molecule has 84 valence electrons. The highest BCUT2D eigenvalue weighted by atomic mass is 79.9. The number of unbranched alkanes of at least 4 members (excludes halogenated alkanes) is 1. The van der Waals surface area contributed by atoms with Gasteiger partial charge in [-0.3, -0.25) is 4.79 Å². The summed E-state index contributed by atoms with van der Waals surface area (Å²) in [6.07, 6.45) is 5.01. The van der Waals surface area contributed by atoms with E-state index in [2.05, 4.69) is 21.2 Å². The van der Waals surface area contributed by atoms with Gasteiger partial charge < -0.3 is 9.73 Å². The lowest BCUT2D eigenvalue weighted by molar-refractivity contribution is -0.121. The average molecular weight is 274 g/mol. The highest BCUT2D eigenvalue weighted by Crippen LogP contribution is 2.00. The molecule has 0 atom stereocenters. The van der Waals surface area contributed by atoms with Gasteiger partial charge in [-0.05, 0) is 25.0 Å². The predicted molar refractivity (Wildman–Crippen MR) is 63.1 cm³/mol. The summed E-state index contributed by atoms with van der Waals surface area (Å²) in [5.74, 6) is 1.04. The van der Waals surface area contributed by atoms with Crippen molar-refractivity contribution in [3.05, 3.63) is 24.2 Å². The third-order valence-electron chi connectivity index (χ3n) is 2.06. The largest absolute Gasteiger partial charge is 0.469 e. The van der Waals surface area contributed by atoms with Crippen LogP contribution in [0.5, 0.6) is 0 Å².